The van der Waals surface area contributed by atoms with Gasteiger partial charge in [0.15, 0.2) is 0 Å². The number of benzene rings is 1. The van der Waals surface area contributed by atoms with Crippen molar-refractivity contribution in [2.75, 3.05) is 13.7 Å². The molecule has 1 aromatic carbocycles. The molecular formula is C25H42O3. The molecule has 2 rings (SSSR count). The lowest BCUT2D eigenvalue weighted by atomic mass is 9.71. The summed E-state index contributed by atoms with van der Waals surface area (Å²) < 4.78 is 5.83. The lowest BCUT2D eigenvalue weighted by Crippen LogP contribution is -2.27. The average Bonchev–Trinajstić information content (AvgIpc) is 2.69. The second-order valence-corrected chi connectivity index (χ2v) is 9.35. The van der Waals surface area contributed by atoms with Crippen LogP contribution in [0.5, 0.6) is 5.75 Å². The molecule has 0 saturated heterocycles. The minimum absolute atomic E-state index is 0.141. The van der Waals surface area contributed by atoms with Crippen LogP contribution in [-0.4, -0.2) is 30.0 Å². The molecule has 0 radical (unpaired) electrons. The van der Waals surface area contributed by atoms with Gasteiger partial charge in [0.25, 0.3) is 0 Å². The molecule has 1 aromatic rings. The first-order valence-corrected chi connectivity index (χ1v) is 11.4. The predicted octanol–water partition coefficient (Wildman–Crippen LogP) is 5.96. The van der Waals surface area contributed by atoms with E-state index in [1.807, 2.05) is 0 Å². The van der Waals surface area contributed by atoms with Crippen LogP contribution in [0.1, 0.15) is 102 Å². The number of unbranched alkanes of at least 4 members (excludes halogenated alkanes) is 3. The highest BCUT2D eigenvalue weighted by Crippen LogP contribution is 2.44. The Balaban J connectivity index is 2.20. The zero-order chi connectivity index (χ0) is 20.6. The second-order valence-electron chi connectivity index (χ2n) is 9.35. The third-order valence-corrected chi connectivity index (χ3v) is 6.77. The van der Waals surface area contributed by atoms with Crippen molar-refractivity contribution in [3.63, 3.8) is 0 Å². The number of aliphatic hydroxyl groups is 2. The van der Waals surface area contributed by atoms with Crippen LogP contribution in [-0.2, 0) is 5.41 Å². The molecule has 0 aromatic heterocycles. The summed E-state index contributed by atoms with van der Waals surface area (Å²) in [7, 11) is 1.76. The fourth-order valence-corrected chi connectivity index (χ4v) is 4.87. The Labute approximate surface area is 172 Å². The van der Waals surface area contributed by atoms with Crippen molar-refractivity contribution < 1.29 is 14.9 Å². The van der Waals surface area contributed by atoms with E-state index in [1.54, 1.807) is 7.11 Å². The van der Waals surface area contributed by atoms with Crippen LogP contribution < -0.4 is 4.74 Å². The maximum atomic E-state index is 10.3. The monoisotopic (exact) mass is 390 g/mol. The zero-order valence-corrected chi connectivity index (χ0v) is 18.5. The normalized spacial score (nSPS) is 23.0. The van der Waals surface area contributed by atoms with Gasteiger partial charge in [-0.25, -0.2) is 0 Å². The van der Waals surface area contributed by atoms with E-state index in [4.69, 9.17) is 4.74 Å². The van der Waals surface area contributed by atoms with Crippen molar-refractivity contribution in [2.24, 2.45) is 5.92 Å². The Bertz CT molecular complexity index is 579. The van der Waals surface area contributed by atoms with Crippen molar-refractivity contribution in [1.29, 1.82) is 0 Å². The summed E-state index contributed by atoms with van der Waals surface area (Å²) in [5.41, 5.74) is 2.71. The predicted molar refractivity (Wildman–Crippen MR) is 117 cm³/mol. The topological polar surface area (TPSA) is 49.7 Å². The first kappa shape index (κ1) is 23.2. The number of rotatable bonds is 11. The molecule has 0 aliphatic heterocycles. The average molecular weight is 391 g/mol. The van der Waals surface area contributed by atoms with E-state index >= 15 is 0 Å². The van der Waals surface area contributed by atoms with Gasteiger partial charge in [-0.05, 0) is 73.0 Å². The molecule has 0 bridgehead atoms. The summed E-state index contributed by atoms with van der Waals surface area (Å²) in [4.78, 5) is 0. The minimum Gasteiger partial charge on any atom is -0.496 e. The van der Waals surface area contributed by atoms with Gasteiger partial charge in [0, 0.05) is 6.61 Å². The Morgan fingerprint density at radius 3 is 2.57 bits per heavy atom. The molecule has 3 atom stereocenters. The summed E-state index contributed by atoms with van der Waals surface area (Å²) >= 11 is 0. The molecule has 1 aliphatic rings. The first-order chi connectivity index (χ1) is 13.4. The first-order valence-electron chi connectivity index (χ1n) is 11.4. The Hall–Kier alpha value is -1.06. The number of hydrogen-bond donors (Lipinski definition) is 2. The van der Waals surface area contributed by atoms with Crippen LogP contribution >= 0.6 is 0 Å². The van der Waals surface area contributed by atoms with Crippen molar-refractivity contribution >= 4 is 0 Å². The highest BCUT2D eigenvalue weighted by Gasteiger charge is 2.33. The zero-order valence-electron chi connectivity index (χ0n) is 18.5. The van der Waals surface area contributed by atoms with Crippen LogP contribution in [0.4, 0.5) is 0 Å². The summed E-state index contributed by atoms with van der Waals surface area (Å²) in [6, 6.07) is 6.76. The fraction of sp³-hybridized carbons (Fsp3) is 0.760. The smallest absolute Gasteiger partial charge is 0.122 e. The van der Waals surface area contributed by atoms with Gasteiger partial charge >= 0.3 is 0 Å². The second kappa shape index (κ2) is 11.2. The molecule has 3 heteroatoms. The van der Waals surface area contributed by atoms with Crippen molar-refractivity contribution in [3.05, 3.63) is 29.3 Å². The highest BCUT2D eigenvalue weighted by atomic mass is 16.5. The molecular weight excluding hydrogens is 348 g/mol. The van der Waals surface area contributed by atoms with Gasteiger partial charge in [-0.1, -0.05) is 58.6 Å². The molecule has 0 heterocycles. The lowest BCUT2D eigenvalue weighted by Gasteiger charge is -2.36. The van der Waals surface area contributed by atoms with Crippen LogP contribution in [0.3, 0.4) is 0 Å². The maximum Gasteiger partial charge on any atom is 0.122 e. The molecule has 160 valence electrons. The molecule has 1 aliphatic carbocycles. The van der Waals surface area contributed by atoms with Crippen LogP contribution in [0.25, 0.3) is 0 Å². The Morgan fingerprint density at radius 2 is 1.89 bits per heavy atom. The van der Waals surface area contributed by atoms with Gasteiger partial charge < -0.3 is 14.9 Å². The molecule has 0 unspecified atom stereocenters. The molecule has 0 amide bonds. The summed E-state index contributed by atoms with van der Waals surface area (Å²) in [6.45, 7) is 7.17. The van der Waals surface area contributed by atoms with Gasteiger partial charge in [-0.3, -0.25) is 0 Å². The summed E-state index contributed by atoms with van der Waals surface area (Å²) in [5.74, 6) is 1.79. The van der Waals surface area contributed by atoms with Crippen molar-refractivity contribution in [2.45, 2.75) is 102 Å². The van der Waals surface area contributed by atoms with E-state index < -0.39 is 0 Å². The summed E-state index contributed by atoms with van der Waals surface area (Å²) in [5, 5.41) is 19.5. The van der Waals surface area contributed by atoms with E-state index in [0.29, 0.717) is 11.8 Å². The summed E-state index contributed by atoms with van der Waals surface area (Å²) in [6.07, 6.45) is 10.7. The van der Waals surface area contributed by atoms with Crippen LogP contribution in [0.15, 0.2) is 18.2 Å². The number of aliphatic hydroxyl groups excluding tert-OH is 2. The number of hydrogen-bond acceptors (Lipinski definition) is 3. The molecule has 1 fully saturated rings. The standard InChI is InChI=1S/C25H42O3/c1-5-6-7-8-15-25(2,3)20-12-14-22(24(17-20)28-4)23-18-21(27)13-11-19(23)10-9-16-26/h12,14,17,19,21,23,26-27H,5-11,13,15-16,18H2,1-4H3/t19-,21-,23-/m1/s1. The van der Waals surface area contributed by atoms with Gasteiger partial charge in [0.05, 0.1) is 13.2 Å². The largest absolute Gasteiger partial charge is 0.496 e. The van der Waals surface area contributed by atoms with Crippen molar-refractivity contribution in [1.82, 2.24) is 0 Å². The Kier molecular flexibility index (Phi) is 9.30. The van der Waals surface area contributed by atoms with Crippen molar-refractivity contribution in [3.8, 4) is 5.75 Å². The fourth-order valence-electron chi connectivity index (χ4n) is 4.87. The van der Waals surface area contributed by atoms with Gasteiger partial charge in [-0.2, -0.15) is 0 Å². The van der Waals surface area contributed by atoms with Crippen LogP contribution in [0.2, 0.25) is 0 Å². The SMILES string of the molecule is CCCCCCC(C)(C)c1ccc([C@@H]2C[C@H](O)CC[C@H]2CCCO)c(OC)c1. The quantitative estimate of drug-likeness (QED) is 0.458. The molecule has 0 spiro atoms. The molecule has 2 N–H and O–H groups in total. The third kappa shape index (κ3) is 6.22. The molecule has 3 nitrogen and oxygen atoms in total. The van der Waals surface area contributed by atoms with Gasteiger partial charge in [-0.15, -0.1) is 0 Å². The van der Waals surface area contributed by atoms with E-state index in [1.165, 1.54) is 43.2 Å². The highest BCUT2D eigenvalue weighted by molar-refractivity contribution is 5.43. The van der Waals surface area contributed by atoms with Gasteiger partial charge in [0.2, 0.25) is 0 Å². The third-order valence-electron chi connectivity index (χ3n) is 6.77. The van der Waals surface area contributed by atoms with Crippen LogP contribution in [0, 0.1) is 5.92 Å². The lowest BCUT2D eigenvalue weighted by molar-refractivity contribution is 0.0878. The van der Waals surface area contributed by atoms with E-state index in [2.05, 4.69) is 39.0 Å². The number of methoxy groups -OCH3 is 1. The minimum atomic E-state index is -0.227. The Morgan fingerprint density at radius 1 is 1.11 bits per heavy atom. The maximum absolute atomic E-state index is 10.3. The van der Waals surface area contributed by atoms with Gasteiger partial charge in [0.1, 0.15) is 5.75 Å². The molecule has 28 heavy (non-hydrogen) atoms. The number of ether oxygens (including phenoxy) is 1. The molecule has 1 saturated carbocycles. The van der Waals surface area contributed by atoms with E-state index in [0.717, 1.165) is 37.9 Å². The van der Waals surface area contributed by atoms with E-state index in [9.17, 15) is 10.2 Å². The van der Waals surface area contributed by atoms with E-state index in [-0.39, 0.29) is 18.1 Å².